The Kier molecular flexibility index (Phi) is 4.58. The average molecular weight is 364 g/mol. The van der Waals surface area contributed by atoms with Crippen LogP contribution < -0.4 is 15.0 Å². The minimum atomic E-state index is -4.77. The van der Waals surface area contributed by atoms with Gasteiger partial charge in [-0.2, -0.15) is 0 Å². The third-order valence-electron chi connectivity index (χ3n) is 3.93. The number of carbonyl (C=O) groups excluding carboxylic acids is 2. The topological polar surface area (TPSA) is 58.6 Å². The lowest BCUT2D eigenvalue weighted by molar-refractivity contribution is -0.274. The van der Waals surface area contributed by atoms with Crippen molar-refractivity contribution in [2.45, 2.75) is 25.7 Å². The summed E-state index contributed by atoms with van der Waals surface area (Å²) in [5.74, 6) is -1.10. The number of hydrogen-bond acceptors (Lipinski definition) is 4. The van der Waals surface area contributed by atoms with E-state index in [0.29, 0.717) is 11.4 Å². The van der Waals surface area contributed by atoms with Crippen molar-refractivity contribution in [2.24, 2.45) is 0 Å². The molecule has 1 heterocycles. The van der Waals surface area contributed by atoms with Crippen LogP contribution in [-0.4, -0.2) is 24.2 Å². The second-order valence-corrected chi connectivity index (χ2v) is 5.83. The SMILES string of the molecule is Cc1ccccc1N1C(=O)C[C@@H](Nc2ccc(OC(F)(F)F)cc2)C1=O. The van der Waals surface area contributed by atoms with Crippen molar-refractivity contribution in [3.8, 4) is 5.75 Å². The fourth-order valence-electron chi connectivity index (χ4n) is 2.77. The van der Waals surface area contributed by atoms with Crippen LogP contribution in [0.4, 0.5) is 24.5 Å². The number of halogens is 3. The van der Waals surface area contributed by atoms with E-state index in [1.54, 1.807) is 25.1 Å². The molecule has 2 aromatic carbocycles. The molecule has 0 aliphatic carbocycles. The van der Waals surface area contributed by atoms with Crippen molar-refractivity contribution in [3.63, 3.8) is 0 Å². The van der Waals surface area contributed by atoms with Crippen molar-refractivity contribution >= 4 is 23.2 Å². The van der Waals surface area contributed by atoms with Gasteiger partial charge in [-0.05, 0) is 42.8 Å². The molecule has 0 aromatic heterocycles. The molecule has 136 valence electrons. The number of para-hydroxylation sites is 1. The van der Waals surface area contributed by atoms with E-state index in [1.807, 2.05) is 6.07 Å². The fraction of sp³-hybridized carbons (Fsp3) is 0.222. The van der Waals surface area contributed by atoms with Crippen LogP contribution in [0.15, 0.2) is 48.5 Å². The van der Waals surface area contributed by atoms with Crippen molar-refractivity contribution < 1.29 is 27.5 Å². The zero-order valence-corrected chi connectivity index (χ0v) is 13.7. The van der Waals surface area contributed by atoms with Gasteiger partial charge in [0, 0.05) is 5.69 Å². The van der Waals surface area contributed by atoms with Crippen LogP contribution in [0.2, 0.25) is 0 Å². The van der Waals surface area contributed by atoms with Gasteiger partial charge in [-0.1, -0.05) is 18.2 Å². The molecule has 0 unspecified atom stereocenters. The molecular weight excluding hydrogens is 349 g/mol. The summed E-state index contributed by atoms with van der Waals surface area (Å²) in [6.45, 7) is 1.80. The summed E-state index contributed by atoms with van der Waals surface area (Å²) < 4.78 is 40.3. The van der Waals surface area contributed by atoms with Gasteiger partial charge in [0.15, 0.2) is 0 Å². The summed E-state index contributed by atoms with van der Waals surface area (Å²) in [7, 11) is 0. The highest BCUT2D eigenvalue weighted by Gasteiger charge is 2.40. The molecule has 0 saturated carbocycles. The summed E-state index contributed by atoms with van der Waals surface area (Å²) in [4.78, 5) is 26.0. The van der Waals surface area contributed by atoms with Crippen LogP contribution in [0, 0.1) is 6.92 Å². The van der Waals surface area contributed by atoms with Crippen LogP contribution in [0.1, 0.15) is 12.0 Å². The van der Waals surface area contributed by atoms with E-state index in [0.717, 1.165) is 22.6 Å². The number of hydrogen-bond donors (Lipinski definition) is 1. The van der Waals surface area contributed by atoms with Gasteiger partial charge >= 0.3 is 6.36 Å². The number of ether oxygens (including phenoxy) is 1. The van der Waals surface area contributed by atoms with E-state index in [1.165, 1.54) is 12.1 Å². The number of carbonyl (C=O) groups is 2. The maximum Gasteiger partial charge on any atom is 0.573 e. The van der Waals surface area contributed by atoms with Crippen molar-refractivity contribution in [1.29, 1.82) is 0 Å². The summed E-state index contributed by atoms with van der Waals surface area (Å²) in [6, 6.07) is 11.2. The van der Waals surface area contributed by atoms with Gasteiger partial charge < -0.3 is 10.1 Å². The van der Waals surface area contributed by atoms with E-state index < -0.39 is 18.3 Å². The fourth-order valence-corrected chi connectivity index (χ4v) is 2.77. The van der Waals surface area contributed by atoms with Crippen molar-refractivity contribution in [3.05, 3.63) is 54.1 Å². The monoisotopic (exact) mass is 364 g/mol. The lowest BCUT2D eigenvalue weighted by atomic mass is 10.2. The van der Waals surface area contributed by atoms with Gasteiger partial charge in [0.1, 0.15) is 11.8 Å². The summed E-state index contributed by atoms with van der Waals surface area (Å²) >= 11 is 0. The second-order valence-electron chi connectivity index (χ2n) is 5.83. The summed E-state index contributed by atoms with van der Waals surface area (Å²) in [5, 5.41) is 2.88. The third kappa shape index (κ3) is 3.79. The van der Waals surface area contributed by atoms with E-state index >= 15 is 0 Å². The van der Waals surface area contributed by atoms with E-state index in [9.17, 15) is 22.8 Å². The van der Waals surface area contributed by atoms with Gasteiger partial charge in [0.25, 0.3) is 5.91 Å². The number of rotatable bonds is 4. The van der Waals surface area contributed by atoms with Crippen LogP contribution in [0.25, 0.3) is 0 Å². The minimum absolute atomic E-state index is 0.0338. The number of aryl methyl sites for hydroxylation is 1. The average Bonchev–Trinajstić information content (AvgIpc) is 2.83. The van der Waals surface area contributed by atoms with Crippen molar-refractivity contribution in [1.82, 2.24) is 0 Å². The number of amides is 2. The largest absolute Gasteiger partial charge is 0.573 e. The molecule has 3 rings (SSSR count). The Morgan fingerprint density at radius 2 is 1.73 bits per heavy atom. The molecule has 1 aliphatic rings. The highest BCUT2D eigenvalue weighted by atomic mass is 19.4. The van der Waals surface area contributed by atoms with Gasteiger partial charge in [0.05, 0.1) is 12.1 Å². The van der Waals surface area contributed by atoms with Gasteiger partial charge in [-0.15, -0.1) is 13.2 Å². The van der Waals surface area contributed by atoms with Gasteiger partial charge in [-0.3, -0.25) is 9.59 Å². The summed E-state index contributed by atoms with van der Waals surface area (Å²) in [6.07, 6.45) is -4.80. The lowest BCUT2D eigenvalue weighted by Gasteiger charge is -2.18. The quantitative estimate of drug-likeness (QED) is 0.842. The molecule has 5 nitrogen and oxygen atoms in total. The van der Waals surface area contributed by atoms with E-state index in [-0.39, 0.29) is 18.1 Å². The normalized spacial score (nSPS) is 17.5. The molecule has 1 saturated heterocycles. The van der Waals surface area contributed by atoms with Gasteiger partial charge in [0.2, 0.25) is 5.91 Å². The first-order valence-electron chi connectivity index (χ1n) is 7.79. The predicted octanol–water partition coefficient (Wildman–Crippen LogP) is 3.64. The molecule has 0 spiro atoms. The Morgan fingerprint density at radius 3 is 2.35 bits per heavy atom. The molecule has 0 radical (unpaired) electrons. The standard InChI is InChI=1S/C18H15F3N2O3/c1-11-4-2-3-5-15(11)23-16(24)10-14(17(23)25)22-12-6-8-13(9-7-12)26-18(19,20)21/h2-9,14,22H,10H2,1H3/t14-/m1/s1. The van der Waals surface area contributed by atoms with Gasteiger partial charge in [-0.25, -0.2) is 4.90 Å². The molecule has 2 aromatic rings. The number of nitrogens with one attached hydrogen (secondary N) is 1. The second kappa shape index (κ2) is 6.70. The van der Waals surface area contributed by atoms with Crippen molar-refractivity contribution in [2.75, 3.05) is 10.2 Å². The number of anilines is 2. The zero-order valence-electron chi connectivity index (χ0n) is 13.7. The van der Waals surface area contributed by atoms with E-state index in [2.05, 4.69) is 10.1 Å². The first kappa shape index (κ1) is 17.8. The minimum Gasteiger partial charge on any atom is -0.406 e. The number of benzene rings is 2. The highest BCUT2D eigenvalue weighted by molar-refractivity contribution is 6.23. The smallest absolute Gasteiger partial charge is 0.406 e. The van der Waals surface area contributed by atoms with Crippen LogP contribution in [0.3, 0.4) is 0 Å². The van der Waals surface area contributed by atoms with Crippen LogP contribution in [0.5, 0.6) is 5.75 Å². The maximum atomic E-state index is 12.6. The highest BCUT2D eigenvalue weighted by Crippen LogP contribution is 2.28. The Bertz CT molecular complexity index is 834. The van der Waals surface area contributed by atoms with Crippen LogP contribution in [-0.2, 0) is 9.59 Å². The lowest BCUT2D eigenvalue weighted by Crippen LogP contribution is -2.35. The molecule has 0 bridgehead atoms. The maximum absolute atomic E-state index is 12.6. The zero-order chi connectivity index (χ0) is 18.9. The molecule has 2 amide bonds. The molecule has 26 heavy (non-hydrogen) atoms. The molecule has 1 aliphatic heterocycles. The molecule has 1 fully saturated rings. The number of imide groups is 1. The Morgan fingerprint density at radius 1 is 1.08 bits per heavy atom. The molecule has 1 N–H and O–H groups in total. The van der Waals surface area contributed by atoms with Crippen LogP contribution >= 0.6 is 0 Å². The predicted molar refractivity (Wildman–Crippen MR) is 88.8 cm³/mol. The first-order chi connectivity index (χ1) is 12.2. The Hall–Kier alpha value is -3.03. The molecule has 1 atom stereocenters. The molecular formula is C18H15F3N2O3. The first-order valence-corrected chi connectivity index (χ1v) is 7.79. The van der Waals surface area contributed by atoms with E-state index in [4.69, 9.17) is 0 Å². The summed E-state index contributed by atoms with van der Waals surface area (Å²) in [5.41, 5.74) is 1.74. The molecule has 8 heteroatoms. The number of alkyl halides is 3. The Labute approximate surface area is 147 Å². The number of nitrogens with zero attached hydrogens (tertiary/aromatic N) is 1. The Balaban J connectivity index is 1.72. The third-order valence-corrected chi connectivity index (χ3v) is 3.93.